The summed E-state index contributed by atoms with van der Waals surface area (Å²) >= 11 is 6.01. The van der Waals surface area contributed by atoms with Crippen LogP contribution >= 0.6 is 11.6 Å². The van der Waals surface area contributed by atoms with E-state index >= 15 is 0 Å². The summed E-state index contributed by atoms with van der Waals surface area (Å²) in [4.78, 5) is 43.6. The smallest absolute Gasteiger partial charge is 0.347 e. The number of amides is 2. The molecule has 306 valence electrons. The number of alkyl halides is 3. The van der Waals surface area contributed by atoms with E-state index in [0.717, 1.165) is 39.9 Å². The monoisotopic (exact) mass is 820 g/mol. The Kier molecular flexibility index (Phi) is 13.4. The summed E-state index contributed by atoms with van der Waals surface area (Å²) in [5, 5.41) is 6.60. The second kappa shape index (κ2) is 17.9. The lowest BCUT2D eigenvalue weighted by Crippen LogP contribution is -2.40. The number of carbonyl (C=O) groups excluding carboxylic acids is 2. The maximum absolute atomic E-state index is 13.0. The summed E-state index contributed by atoms with van der Waals surface area (Å²) in [7, 11) is 0. The number of benzene rings is 2. The summed E-state index contributed by atoms with van der Waals surface area (Å²) in [5.41, 5.74) is 6.92. The Balaban J connectivity index is 0.000000227. The lowest BCUT2D eigenvalue weighted by Gasteiger charge is -2.21. The highest BCUT2D eigenvalue weighted by Crippen LogP contribution is 2.34. The van der Waals surface area contributed by atoms with Crippen LogP contribution in [0.5, 0.6) is 0 Å². The second-order valence-electron chi connectivity index (χ2n) is 16.6. The third-order valence-electron chi connectivity index (χ3n) is 8.87. The van der Waals surface area contributed by atoms with Crippen LogP contribution in [0, 0.1) is 6.92 Å². The Morgan fingerprint density at radius 1 is 0.610 bits per heavy atom. The highest BCUT2D eigenvalue weighted by atomic mass is 35.5. The van der Waals surface area contributed by atoms with Gasteiger partial charge in [-0.25, -0.2) is 9.97 Å². The van der Waals surface area contributed by atoms with E-state index in [0.29, 0.717) is 44.5 Å². The minimum Gasteiger partial charge on any atom is -0.347 e. The molecule has 6 aromatic rings. The molecular formula is C47H48ClF3N6O2. The van der Waals surface area contributed by atoms with E-state index in [1.807, 2.05) is 105 Å². The average Bonchev–Trinajstić information content (AvgIpc) is 3.16. The summed E-state index contributed by atoms with van der Waals surface area (Å²) in [6.07, 6.45) is 2.49. The van der Waals surface area contributed by atoms with Crippen LogP contribution in [0.25, 0.3) is 45.0 Å². The van der Waals surface area contributed by atoms with E-state index in [1.54, 1.807) is 43.0 Å². The summed E-state index contributed by atoms with van der Waals surface area (Å²) < 4.78 is 38.9. The highest BCUT2D eigenvalue weighted by molar-refractivity contribution is 6.30. The molecule has 59 heavy (non-hydrogen) atoms. The first-order valence-electron chi connectivity index (χ1n) is 19.1. The molecule has 0 saturated carbocycles. The first-order chi connectivity index (χ1) is 27.6. The molecule has 8 nitrogen and oxygen atoms in total. The number of pyridine rings is 4. The Bertz CT molecular complexity index is 2440. The van der Waals surface area contributed by atoms with Crippen LogP contribution in [-0.2, 0) is 6.18 Å². The van der Waals surface area contributed by atoms with E-state index < -0.39 is 17.3 Å². The maximum Gasteiger partial charge on any atom is 0.416 e. The molecule has 2 N–H and O–H groups in total. The van der Waals surface area contributed by atoms with Gasteiger partial charge in [0.2, 0.25) is 0 Å². The third-order valence-corrected chi connectivity index (χ3v) is 9.12. The third kappa shape index (κ3) is 12.0. The van der Waals surface area contributed by atoms with E-state index in [2.05, 4.69) is 25.6 Å². The fraction of sp³-hybridized carbons (Fsp3) is 0.277. The van der Waals surface area contributed by atoms with Crippen LogP contribution in [0.3, 0.4) is 0 Å². The van der Waals surface area contributed by atoms with Gasteiger partial charge < -0.3 is 10.6 Å². The van der Waals surface area contributed by atoms with Gasteiger partial charge in [0.25, 0.3) is 11.8 Å². The average molecular weight is 821 g/mol. The molecular weight excluding hydrogens is 773 g/mol. The number of carbonyl (C=O) groups is 2. The van der Waals surface area contributed by atoms with E-state index in [1.165, 1.54) is 12.1 Å². The predicted molar refractivity (Wildman–Crippen MR) is 229 cm³/mol. The molecule has 2 amide bonds. The van der Waals surface area contributed by atoms with Crippen LogP contribution in [0.2, 0.25) is 5.02 Å². The first kappa shape index (κ1) is 44.2. The number of aromatic nitrogens is 4. The van der Waals surface area contributed by atoms with Crippen molar-refractivity contribution in [3.05, 3.63) is 143 Å². The van der Waals surface area contributed by atoms with Gasteiger partial charge in [-0.1, -0.05) is 49.7 Å². The van der Waals surface area contributed by atoms with Crippen molar-refractivity contribution in [2.75, 3.05) is 0 Å². The number of rotatable bonds is 7. The van der Waals surface area contributed by atoms with Gasteiger partial charge in [-0.15, -0.1) is 0 Å². The number of hydrogen-bond acceptors (Lipinski definition) is 6. The topological polar surface area (TPSA) is 110 Å². The van der Waals surface area contributed by atoms with E-state index in [4.69, 9.17) is 16.6 Å². The Labute approximate surface area is 348 Å². The van der Waals surface area contributed by atoms with Crippen molar-refractivity contribution in [3.63, 3.8) is 0 Å². The van der Waals surface area contributed by atoms with Crippen molar-refractivity contribution >= 4 is 23.4 Å². The summed E-state index contributed by atoms with van der Waals surface area (Å²) in [5.74, 6) is -0.233. The number of hydrogen-bond donors (Lipinski definition) is 2. The van der Waals surface area contributed by atoms with Crippen molar-refractivity contribution in [2.24, 2.45) is 0 Å². The Hall–Kier alpha value is -5.94. The van der Waals surface area contributed by atoms with Crippen LogP contribution in [0.15, 0.2) is 110 Å². The molecule has 0 radical (unpaired) electrons. The first-order valence-corrected chi connectivity index (χ1v) is 19.4. The number of nitrogens with zero attached hydrogens (tertiary/aromatic N) is 4. The zero-order chi connectivity index (χ0) is 43.3. The molecule has 0 atom stereocenters. The fourth-order valence-electron chi connectivity index (χ4n) is 6.03. The van der Waals surface area contributed by atoms with Crippen molar-refractivity contribution in [3.8, 4) is 45.0 Å². The van der Waals surface area contributed by atoms with Gasteiger partial charge in [0.1, 0.15) is 0 Å². The van der Waals surface area contributed by atoms with Gasteiger partial charge in [-0.05, 0) is 126 Å². The molecule has 0 bridgehead atoms. The van der Waals surface area contributed by atoms with Crippen LogP contribution < -0.4 is 10.6 Å². The van der Waals surface area contributed by atoms with Crippen LogP contribution in [0.1, 0.15) is 98.7 Å². The molecule has 4 aromatic heterocycles. The molecule has 12 heteroatoms. The molecule has 6 rings (SSSR count). The molecule has 0 aliphatic carbocycles. The zero-order valence-corrected chi connectivity index (χ0v) is 35.3. The SMILES string of the molecule is CC(C)c1ccncc1-c1cc(C(=O)NC(C)(C)C)cc(-c2ccc(C(F)(F)F)cc2)n1.Cc1ccncc1-c1cc(C(=O)NC(C)(C)C)cc(-c2ccc(Cl)cc2)n1. The minimum absolute atomic E-state index is 0.136. The van der Waals surface area contributed by atoms with Crippen molar-refractivity contribution in [1.29, 1.82) is 0 Å². The Morgan fingerprint density at radius 3 is 1.47 bits per heavy atom. The van der Waals surface area contributed by atoms with Crippen LogP contribution in [-0.4, -0.2) is 42.8 Å². The molecule has 0 unspecified atom stereocenters. The molecule has 4 heterocycles. The van der Waals surface area contributed by atoms with Gasteiger partial charge in [-0.2, -0.15) is 13.2 Å². The minimum atomic E-state index is -4.42. The molecule has 0 spiro atoms. The molecule has 0 saturated heterocycles. The number of aryl methyl sites for hydroxylation is 1. The lowest BCUT2D eigenvalue weighted by atomic mass is 9.95. The largest absolute Gasteiger partial charge is 0.416 e. The van der Waals surface area contributed by atoms with Gasteiger partial charge in [0, 0.05) is 74.3 Å². The van der Waals surface area contributed by atoms with E-state index in [-0.39, 0.29) is 23.3 Å². The van der Waals surface area contributed by atoms with Gasteiger partial charge >= 0.3 is 6.18 Å². The van der Waals surface area contributed by atoms with E-state index in [9.17, 15) is 22.8 Å². The fourth-order valence-corrected chi connectivity index (χ4v) is 6.15. The Morgan fingerprint density at radius 2 is 1.03 bits per heavy atom. The zero-order valence-electron chi connectivity index (χ0n) is 34.6. The van der Waals surface area contributed by atoms with Gasteiger partial charge in [-0.3, -0.25) is 19.6 Å². The molecule has 0 aliphatic heterocycles. The lowest BCUT2D eigenvalue weighted by molar-refractivity contribution is -0.137. The molecule has 2 aromatic carbocycles. The van der Waals surface area contributed by atoms with Gasteiger partial charge in [0.15, 0.2) is 0 Å². The van der Waals surface area contributed by atoms with Crippen LogP contribution in [0.4, 0.5) is 13.2 Å². The van der Waals surface area contributed by atoms with Crippen molar-refractivity contribution in [2.45, 2.75) is 85.5 Å². The second-order valence-corrected chi connectivity index (χ2v) is 17.0. The summed E-state index contributed by atoms with van der Waals surface area (Å²) in [6.45, 7) is 17.6. The highest BCUT2D eigenvalue weighted by Gasteiger charge is 2.30. The summed E-state index contributed by atoms with van der Waals surface area (Å²) in [6, 6.07) is 22.9. The normalized spacial score (nSPS) is 11.8. The van der Waals surface area contributed by atoms with Gasteiger partial charge in [0.05, 0.1) is 28.3 Å². The quantitative estimate of drug-likeness (QED) is 0.166. The van der Waals surface area contributed by atoms with Crippen molar-refractivity contribution in [1.82, 2.24) is 30.6 Å². The predicted octanol–water partition coefficient (Wildman–Crippen LogP) is 11.8. The molecule has 0 fully saturated rings. The maximum atomic E-state index is 13.0. The van der Waals surface area contributed by atoms with Crippen molar-refractivity contribution < 1.29 is 22.8 Å². The number of halogens is 4. The standard InChI is InChI=1S/C25H26F3N3O.C22H22ClN3O/c1-15(2)19-10-11-29-14-20(19)22-13-17(23(32)31-24(3,4)5)12-21(30-22)16-6-8-18(9-7-16)25(26,27)28;1-14-9-10-24-13-18(14)20-12-16(21(27)26-22(2,3)4)11-19(25-20)15-5-7-17(23)8-6-15/h6-15H,1-5H3,(H,31,32);5-13H,1-4H3,(H,26,27). The number of nitrogens with one attached hydrogen (secondary N) is 2. The molecule has 0 aliphatic rings.